The maximum absolute atomic E-state index is 12.3. The summed E-state index contributed by atoms with van der Waals surface area (Å²) in [6.07, 6.45) is 8.16. The van der Waals surface area contributed by atoms with E-state index in [-0.39, 0.29) is 17.9 Å². The summed E-state index contributed by atoms with van der Waals surface area (Å²) < 4.78 is 0. The van der Waals surface area contributed by atoms with E-state index in [4.69, 9.17) is 0 Å². The molecule has 1 aromatic rings. The zero-order valence-electron chi connectivity index (χ0n) is 17.0. The molecule has 0 radical (unpaired) electrons. The minimum absolute atomic E-state index is 0.00322. The zero-order valence-corrected chi connectivity index (χ0v) is 17.0. The number of hydrogen-bond acceptors (Lipinski definition) is 3. The van der Waals surface area contributed by atoms with Crippen molar-refractivity contribution in [3.05, 3.63) is 35.9 Å². The van der Waals surface area contributed by atoms with Gasteiger partial charge >= 0.3 is 0 Å². The third-order valence-corrected chi connectivity index (χ3v) is 4.73. The Bertz CT molecular complexity index is 672. The van der Waals surface area contributed by atoms with Crippen molar-refractivity contribution in [1.29, 1.82) is 0 Å². The highest BCUT2D eigenvalue weighted by molar-refractivity contribution is 5.94. The summed E-state index contributed by atoms with van der Waals surface area (Å²) in [7, 11) is 0. The lowest BCUT2D eigenvalue weighted by atomic mass is 9.95. The van der Waals surface area contributed by atoms with E-state index in [1.807, 2.05) is 52.0 Å². The minimum atomic E-state index is -0.433. The van der Waals surface area contributed by atoms with E-state index in [9.17, 15) is 9.59 Å². The summed E-state index contributed by atoms with van der Waals surface area (Å²) in [5.41, 5.74) is 2.63. The van der Waals surface area contributed by atoms with Crippen LogP contribution in [-0.4, -0.2) is 24.4 Å². The number of carbonyl (C=O) groups is 2. The van der Waals surface area contributed by atoms with E-state index in [2.05, 4.69) is 22.0 Å². The summed E-state index contributed by atoms with van der Waals surface area (Å²) in [6, 6.07) is 7.10. The average molecular weight is 372 g/mol. The number of nitrogens with one attached hydrogen (secondary N) is 3. The average Bonchev–Trinajstić information content (AvgIpc) is 2.63. The fourth-order valence-electron chi connectivity index (χ4n) is 2.91. The van der Waals surface area contributed by atoms with Crippen LogP contribution in [0.25, 0.3) is 0 Å². The Labute approximate surface area is 163 Å². The first kappa shape index (κ1) is 21.0. The summed E-state index contributed by atoms with van der Waals surface area (Å²) in [5.74, 6) is -0.0273. The van der Waals surface area contributed by atoms with E-state index in [0.29, 0.717) is 6.54 Å². The van der Waals surface area contributed by atoms with Gasteiger partial charge in [-0.25, -0.2) is 0 Å². The van der Waals surface area contributed by atoms with Crippen molar-refractivity contribution in [2.75, 3.05) is 17.2 Å². The van der Waals surface area contributed by atoms with Crippen molar-refractivity contribution in [2.24, 2.45) is 5.41 Å². The smallest absolute Gasteiger partial charge is 0.242 e. The lowest BCUT2D eigenvalue weighted by Gasteiger charge is -2.19. The molecule has 0 heterocycles. The first-order valence-corrected chi connectivity index (χ1v) is 9.89. The van der Waals surface area contributed by atoms with Crippen LogP contribution in [0.1, 0.15) is 59.8 Å². The van der Waals surface area contributed by atoms with Gasteiger partial charge in [0.25, 0.3) is 0 Å². The predicted molar refractivity (Wildman–Crippen MR) is 112 cm³/mol. The van der Waals surface area contributed by atoms with E-state index >= 15 is 0 Å². The SMILES string of the molecule is CC(Nc1ccc(NC(=O)C(C)(C)C)cc1)C(=O)NCCC1=CCCCC1. The van der Waals surface area contributed by atoms with Crippen molar-refractivity contribution < 1.29 is 9.59 Å². The van der Waals surface area contributed by atoms with Gasteiger partial charge in [0.2, 0.25) is 11.8 Å². The Morgan fingerprint density at radius 3 is 2.33 bits per heavy atom. The van der Waals surface area contributed by atoms with Gasteiger partial charge in [-0.3, -0.25) is 9.59 Å². The number of hydrogen-bond donors (Lipinski definition) is 3. The highest BCUT2D eigenvalue weighted by Gasteiger charge is 2.21. The van der Waals surface area contributed by atoms with Crippen molar-refractivity contribution in [3.63, 3.8) is 0 Å². The molecule has 1 aromatic carbocycles. The molecule has 0 saturated carbocycles. The van der Waals surface area contributed by atoms with Gasteiger partial charge in [-0.2, -0.15) is 0 Å². The van der Waals surface area contributed by atoms with Gasteiger partial charge in [-0.1, -0.05) is 32.4 Å². The van der Waals surface area contributed by atoms with E-state index in [1.165, 1.54) is 31.3 Å². The Morgan fingerprint density at radius 2 is 1.74 bits per heavy atom. The molecule has 27 heavy (non-hydrogen) atoms. The summed E-state index contributed by atoms with van der Waals surface area (Å²) >= 11 is 0. The molecular weight excluding hydrogens is 338 g/mol. The van der Waals surface area contributed by atoms with Crippen molar-refractivity contribution >= 4 is 23.2 Å². The van der Waals surface area contributed by atoms with Crippen molar-refractivity contribution in [2.45, 2.75) is 65.8 Å². The maximum Gasteiger partial charge on any atom is 0.242 e. The third kappa shape index (κ3) is 7.08. The number of anilines is 2. The van der Waals surface area contributed by atoms with E-state index < -0.39 is 5.41 Å². The fourth-order valence-corrected chi connectivity index (χ4v) is 2.91. The second-order valence-electron chi connectivity index (χ2n) is 8.30. The lowest BCUT2D eigenvalue weighted by Crippen LogP contribution is -2.38. The minimum Gasteiger partial charge on any atom is -0.374 e. The fraction of sp³-hybridized carbons (Fsp3) is 0.545. The van der Waals surface area contributed by atoms with Gasteiger partial charge in [-0.15, -0.1) is 0 Å². The Kier molecular flexibility index (Phi) is 7.45. The van der Waals surface area contributed by atoms with Gasteiger partial charge in [0.15, 0.2) is 0 Å². The molecule has 0 aliphatic heterocycles. The van der Waals surface area contributed by atoms with Crippen LogP contribution in [0.2, 0.25) is 0 Å². The first-order valence-electron chi connectivity index (χ1n) is 9.89. The molecule has 0 bridgehead atoms. The third-order valence-electron chi connectivity index (χ3n) is 4.73. The second-order valence-corrected chi connectivity index (χ2v) is 8.30. The molecule has 0 spiro atoms. The number of amides is 2. The molecule has 0 fully saturated rings. The number of rotatable bonds is 7. The van der Waals surface area contributed by atoms with Gasteiger partial charge in [0, 0.05) is 23.3 Å². The molecule has 0 aromatic heterocycles. The van der Waals surface area contributed by atoms with Crippen LogP contribution in [0.3, 0.4) is 0 Å². The largest absolute Gasteiger partial charge is 0.374 e. The highest BCUT2D eigenvalue weighted by Crippen LogP contribution is 2.20. The van der Waals surface area contributed by atoms with Crippen LogP contribution in [0, 0.1) is 5.41 Å². The van der Waals surface area contributed by atoms with Gasteiger partial charge in [-0.05, 0) is 63.3 Å². The summed E-state index contributed by atoms with van der Waals surface area (Å²) in [6.45, 7) is 8.18. The molecule has 1 aliphatic carbocycles. The number of allylic oxidation sites excluding steroid dienone is 1. The number of carbonyl (C=O) groups excluding carboxylic acids is 2. The molecule has 5 nitrogen and oxygen atoms in total. The van der Waals surface area contributed by atoms with Crippen LogP contribution in [0.15, 0.2) is 35.9 Å². The maximum atomic E-state index is 12.3. The van der Waals surface area contributed by atoms with Gasteiger partial charge in [0.1, 0.15) is 6.04 Å². The standard InChI is InChI=1S/C22H33N3O2/c1-16(20(26)23-15-14-17-8-6-5-7-9-17)24-18-10-12-19(13-11-18)25-21(27)22(2,3)4/h8,10-13,16,24H,5-7,9,14-15H2,1-4H3,(H,23,26)(H,25,27). The molecule has 3 N–H and O–H groups in total. The van der Waals surface area contributed by atoms with Gasteiger partial charge < -0.3 is 16.0 Å². The molecule has 2 amide bonds. The Morgan fingerprint density at radius 1 is 1.07 bits per heavy atom. The lowest BCUT2D eigenvalue weighted by molar-refractivity contribution is -0.123. The monoisotopic (exact) mass is 371 g/mol. The van der Waals surface area contributed by atoms with Gasteiger partial charge in [0.05, 0.1) is 0 Å². The molecule has 2 rings (SSSR count). The molecular formula is C22H33N3O2. The van der Waals surface area contributed by atoms with Crippen LogP contribution in [0.5, 0.6) is 0 Å². The molecule has 1 aliphatic rings. The molecule has 1 atom stereocenters. The summed E-state index contributed by atoms with van der Waals surface area (Å²) in [5, 5.41) is 9.10. The van der Waals surface area contributed by atoms with E-state index in [1.54, 1.807) is 0 Å². The normalized spacial score (nSPS) is 15.5. The van der Waals surface area contributed by atoms with Crippen LogP contribution in [-0.2, 0) is 9.59 Å². The Hall–Kier alpha value is -2.30. The zero-order chi connectivity index (χ0) is 19.9. The molecule has 148 valence electrons. The second kappa shape index (κ2) is 9.58. The van der Waals surface area contributed by atoms with Crippen LogP contribution < -0.4 is 16.0 Å². The molecule has 5 heteroatoms. The highest BCUT2D eigenvalue weighted by atomic mass is 16.2. The van der Waals surface area contributed by atoms with Crippen LogP contribution >= 0.6 is 0 Å². The number of benzene rings is 1. The van der Waals surface area contributed by atoms with Crippen LogP contribution in [0.4, 0.5) is 11.4 Å². The quantitative estimate of drug-likeness (QED) is 0.619. The Balaban J connectivity index is 1.77. The van der Waals surface area contributed by atoms with Crippen molar-refractivity contribution in [3.8, 4) is 0 Å². The molecule has 1 unspecified atom stereocenters. The van der Waals surface area contributed by atoms with Crippen molar-refractivity contribution in [1.82, 2.24) is 5.32 Å². The summed E-state index contributed by atoms with van der Waals surface area (Å²) in [4.78, 5) is 24.3. The molecule has 0 saturated heterocycles. The topological polar surface area (TPSA) is 70.2 Å². The first-order chi connectivity index (χ1) is 12.8. The van der Waals surface area contributed by atoms with E-state index in [0.717, 1.165) is 17.8 Å². The predicted octanol–water partition coefficient (Wildman–Crippen LogP) is 4.48.